The Labute approximate surface area is 239 Å². The van der Waals surface area contributed by atoms with E-state index >= 15 is 0 Å². The fourth-order valence-electron chi connectivity index (χ4n) is 4.74. The molecule has 9 heteroatoms. The number of benzene rings is 1. The van der Waals surface area contributed by atoms with E-state index < -0.39 is 10.0 Å². The maximum absolute atomic E-state index is 13.7. The molecule has 0 saturated heterocycles. The lowest BCUT2D eigenvalue weighted by Crippen LogP contribution is -2.47. The van der Waals surface area contributed by atoms with Gasteiger partial charge in [0.1, 0.15) is 0 Å². The fraction of sp³-hybridized carbons (Fsp3) is 0.452. The van der Waals surface area contributed by atoms with Crippen LogP contribution in [0.5, 0.6) is 0 Å². The van der Waals surface area contributed by atoms with E-state index in [1.807, 2.05) is 36.4 Å². The molecule has 2 aromatic heterocycles. The van der Waals surface area contributed by atoms with Crippen molar-refractivity contribution in [2.75, 3.05) is 6.54 Å². The highest BCUT2D eigenvalue weighted by molar-refractivity contribution is 7.89. The summed E-state index contributed by atoms with van der Waals surface area (Å²) in [5, 5.41) is 8.33. The highest BCUT2D eigenvalue weighted by Crippen LogP contribution is 2.18. The van der Waals surface area contributed by atoms with Crippen LogP contribution in [0.2, 0.25) is 0 Å². The average Bonchev–Trinajstić information content (AvgIpc) is 2.95. The lowest BCUT2D eigenvalue weighted by Gasteiger charge is -2.30. The summed E-state index contributed by atoms with van der Waals surface area (Å²) in [6.07, 6.45) is 13.2. The van der Waals surface area contributed by atoms with E-state index in [2.05, 4.69) is 27.1 Å². The summed E-state index contributed by atoms with van der Waals surface area (Å²) in [6.45, 7) is 3.75. The summed E-state index contributed by atoms with van der Waals surface area (Å²) in [6, 6.07) is 17.8. The molecule has 0 bridgehead atoms. The normalized spacial score (nSPS) is 12.4. The summed E-state index contributed by atoms with van der Waals surface area (Å²) in [4.78, 5) is 25.0. The number of rotatable bonds is 18. The van der Waals surface area contributed by atoms with E-state index in [1.54, 1.807) is 24.5 Å². The number of hydrogen-bond donors (Lipinski definition) is 2. The Kier molecular flexibility index (Phi) is 13.2. The zero-order chi connectivity index (χ0) is 28.6. The van der Waals surface area contributed by atoms with Crippen LogP contribution >= 0.6 is 0 Å². The Bertz CT molecular complexity index is 1200. The molecule has 1 unspecified atom stereocenters. The molecule has 0 aliphatic carbocycles. The Morgan fingerprint density at radius 1 is 0.850 bits per heavy atom. The van der Waals surface area contributed by atoms with E-state index in [0.717, 1.165) is 36.2 Å². The summed E-state index contributed by atoms with van der Waals surface area (Å²) >= 11 is 0. The van der Waals surface area contributed by atoms with Gasteiger partial charge < -0.3 is 5.32 Å². The van der Waals surface area contributed by atoms with Gasteiger partial charge in [0.25, 0.3) is 0 Å². The van der Waals surface area contributed by atoms with Crippen LogP contribution in [0.1, 0.15) is 75.2 Å². The van der Waals surface area contributed by atoms with Crippen LogP contribution in [0.25, 0.3) is 0 Å². The van der Waals surface area contributed by atoms with Gasteiger partial charge in [-0.05, 0) is 54.8 Å². The van der Waals surface area contributed by atoms with Crippen LogP contribution in [-0.4, -0.2) is 41.8 Å². The molecule has 8 nitrogen and oxygen atoms in total. The molecule has 2 heterocycles. The standard InChI is InChI=1S/C31H43N5O3S/c1-2-3-4-5-6-7-8-15-30(31(37)35-23-20-26-16-18-29(19-17-26)40(32,38)39)36(24-27-13-9-11-21-33-27)25-28-14-10-12-22-34-28/h9-14,16-19,21-22,30H,2-8,15,20,23-25H2,1H3,(H,35,37)(H2,32,38,39). The van der Waals surface area contributed by atoms with E-state index in [1.165, 1.54) is 44.2 Å². The minimum atomic E-state index is -3.73. The molecule has 3 aromatic rings. The number of carbonyl (C=O) groups is 1. The Balaban J connectivity index is 1.69. The van der Waals surface area contributed by atoms with Gasteiger partial charge in [-0.1, -0.05) is 76.1 Å². The molecule has 40 heavy (non-hydrogen) atoms. The molecule has 1 atom stereocenters. The van der Waals surface area contributed by atoms with Crippen molar-refractivity contribution in [3.8, 4) is 0 Å². The van der Waals surface area contributed by atoms with Crippen molar-refractivity contribution in [1.29, 1.82) is 0 Å². The highest BCUT2D eigenvalue weighted by atomic mass is 32.2. The van der Waals surface area contributed by atoms with Crippen molar-refractivity contribution in [3.63, 3.8) is 0 Å². The minimum Gasteiger partial charge on any atom is -0.354 e. The van der Waals surface area contributed by atoms with E-state index in [4.69, 9.17) is 5.14 Å². The average molecular weight is 566 g/mol. The van der Waals surface area contributed by atoms with Crippen molar-refractivity contribution in [2.24, 2.45) is 5.14 Å². The lowest BCUT2D eigenvalue weighted by molar-refractivity contribution is -0.127. The molecule has 3 N–H and O–H groups in total. The number of unbranched alkanes of at least 4 members (excludes halogenated alkanes) is 6. The van der Waals surface area contributed by atoms with Crippen LogP contribution in [-0.2, 0) is 34.3 Å². The zero-order valence-electron chi connectivity index (χ0n) is 23.5. The quantitative estimate of drug-likeness (QED) is 0.210. The fourth-order valence-corrected chi connectivity index (χ4v) is 5.26. The lowest BCUT2D eigenvalue weighted by atomic mass is 10.0. The molecule has 216 valence electrons. The summed E-state index contributed by atoms with van der Waals surface area (Å²) in [7, 11) is -3.73. The molecule has 0 aliphatic heterocycles. The van der Waals surface area contributed by atoms with Crippen LogP contribution in [0, 0.1) is 0 Å². The van der Waals surface area contributed by atoms with Gasteiger partial charge in [0.2, 0.25) is 15.9 Å². The van der Waals surface area contributed by atoms with E-state index in [0.29, 0.717) is 26.1 Å². The third-order valence-corrected chi connectivity index (χ3v) is 7.90. The number of carbonyl (C=O) groups excluding carboxylic acids is 1. The third-order valence-electron chi connectivity index (χ3n) is 6.97. The van der Waals surface area contributed by atoms with Crippen molar-refractivity contribution in [1.82, 2.24) is 20.2 Å². The minimum absolute atomic E-state index is 0.0148. The maximum atomic E-state index is 13.7. The van der Waals surface area contributed by atoms with Crippen LogP contribution in [0.3, 0.4) is 0 Å². The van der Waals surface area contributed by atoms with Crippen molar-refractivity contribution in [2.45, 2.75) is 88.7 Å². The Morgan fingerprint density at radius 2 is 1.43 bits per heavy atom. The third kappa shape index (κ3) is 11.2. The van der Waals surface area contributed by atoms with E-state index in [-0.39, 0.29) is 16.8 Å². The molecule has 3 rings (SSSR count). The van der Waals surface area contributed by atoms with Gasteiger partial charge in [0.15, 0.2) is 0 Å². The number of aromatic nitrogens is 2. The number of amides is 1. The molecular weight excluding hydrogens is 522 g/mol. The van der Waals surface area contributed by atoms with Gasteiger partial charge in [-0.15, -0.1) is 0 Å². The molecule has 1 amide bonds. The number of nitrogens with one attached hydrogen (secondary N) is 1. The van der Waals surface area contributed by atoms with Gasteiger partial charge in [-0.2, -0.15) is 0 Å². The molecule has 0 fully saturated rings. The number of sulfonamides is 1. The molecular formula is C31H43N5O3S. The first-order chi connectivity index (χ1) is 19.4. The number of pyridine rings is 2. The first-order valence-corrected chi connectivity index (χ1v) is 15.8. The first kappa shape index (κ1) is 31.4. The molecule has 0 aliphatic rings. The van der Waals surface area contributed by atoms with Gasteiger partial charge in [-0.25, -0.2) is 13.6 Å². The smallest absolute Gasteiger partial charge is 0.238 e. The highest BCUT2D eigenvalue weighted by Gasteiger charge is 2.26. The Morgan fingerprint density at radius 3 is 1.95 bits per heavy atom. The predicted octanol–water partition coefficient (Wildman–Crippen LogP) is 4.99. The summed E-state index contributed by atoms with van der Waals surface area (Å²) in [5.74, 6) is -0.0148. The topological polar surface area (TPSA) is 118 Å². The second-order valence-corrected chi connectivity index (χ2v) is 11.8. The SMILES string of the molecule is CCCCCCCCCC(C(=O)NCCc1ccc(S(N)(=O)=O)cc1)N(Cc1ccccn1)Cc1ccccn1. The molecule has 0 radical (unpaired) electrons. The van der Waals surface area contributed by atoms with Crippen molar-refractivity contribution in [3.05, 3.63) is 90.0 Å². The first-order valence-electron chi connectivity index (χ1n) is 14.3. The molecule has 0 spiro atoms. The summed E-state index contributed by atoms with van der Waals surface area (Å²) in [5.41, 5.74) is 2.74. The monoisotopic (exact) mass is 565 g/mol. The molecule has 0 saturated carbocycles. The van der Waals surface area contributed by atoms with Gasteiger partial charge >= 0.3 is 0 Å². The van der Waals surface area contributed by atoms with Gasteiger partial charge in [-0.3, -0.25) is 19.7 Å². The number of nitrogens with two attached hydrogens (primary N) is 1. The number of hydrogen-bond acceptors (Lipinski definition) is 6. The maximum Gasteiger partial charge on any atom is 0.238 e. The van der Waals surface area contributed by atoms with Crippen molar-refractivity contribution >= 4 is 15.9 Å². The largest absolute Gasteiger partial charge is 0.354 e. The van der Waals surface area contributed by atoms with Crippen LogP contribution in [0.4, 0.5) is 0 Å². The number of primary sulfonamides is 1. The number of nitrogens with zero attached hydrogens (tertiary/aromatic N) is 3. The predicted molar refractivity (Wildman–Crippen MR) is 159 cm³/mol. The van der Waals surface area contributed by atoms with Gasteiger partial charge in [0, 0.05) is 32.0 Å². The molecule has 1 aromatic carbocycles. The second kappa shape index (κ2) is 16.8. The van der Waals surface area contributed by atoms with Crippen LogP contribution in [0.15, 0.2) is 78.0 Å². The second-order valence-electron chi connectivity index (χ2n) is 10.2. The van der Waals surface area contributed by atoms with Gasteiger partial charge in [0.05, 0.1) is 22.3 Å². The zero-order valence-corrected chi connectivity index (χ0v) is 24.4. The summed E-state index contributed by atoms with van der Waals surface area (Å²) < 4.78 is 23.1. The van der Waals surface area contributed by atoms with E-state index in [9.17, 15) is 13.2 Å². The Hall–Kier alpha value is -3.14. The van der Waals surface area contributed by atoms with Crippen LogP contribution < -0.4 is 10.5 Å². The van der Waals surface area contributed by atoms with Crippen molar-refractivity contribution < 1.29 is 13.2 Å².